The van der Waals surface area contributed by atoms with Gasteiger partial charge in [-0.05, 0) is 56.2 Å². The Labute approximate surface area is 167 Å². The number of rotatable bonds is 7. The zero-order valence-corrected chi connectivity index (χ0v) is 16.7. The maximum absolute atomic E-state index is 12.6. The molecule has 0 spiro atoms. The fraction of sp³-hybridized carbons (Fsp3) is 0.417. The zero-order valence-electron chi connectivity index (χ0n) is 16.7. The van der Waals surface area contributed by atoms with Crippen molar-refractivity contribution >= 4 is 11.8 Å². The smallest absolute Gasteiger partial charge is 0.253 e. The second-order valence-corrected chi connectivity index (χ2v) is 7.74. The van der Waals surface area contributed by atoms with Gasteiger partial charge in [0.25, 0.3) is 5.91 Å². The van der Waals surface area contributed by atoms with Crippen molar-refractivity contribution in [3.63, 3.8) is 0 Å². The summed E-state index contributed by atoms with van der Waals surface area (Å²) in [6, 6.07) is 18.1. The van der Waals surface area contributed by atoms with Crippen molar-refractivity contribution in [2.24, 2.45) is 5.92 Å². The minimum absolute atomic E-state index is 0.101. The summed E-state index contributed by atoms with van der Waals surface area (Å²) in [4.78, 5) is 26.7. The van der Waals surface area contributed by atoms with Crippen LogP contribution in [0.2, 0.25) is 0 Å². The summed E-state index contributed by atoms with van der Waals surface area (Å²) >= 11 is 0. The molecular formula is C24H30N2O2. The predicted octanol–water partition coefficient (Wildman–Crippen LogP) is 3.99. The largest absolute Gasteiger partial charge is 0.356 e. The lowest BCUT2D eigenvalue weighted by atomic mass is 9.92. The third-order valence-electron chi connectivity index (χ3n) is 5.48. The number of nitrogens with one attached hydrogen (secondary N) is 1. The van der Waals surface area contributed by atoms with Gasteiger partial charge in [-0.15, -0.1) is 0 Å². The Morgan fingerprint density at radius 3 is 2.36 bits per heavy atom. The van der Waals surface area contributed by atoms with Gasteiger partial charge in [0, 0.05) is 31.6 Å². The first-order chi connectivity index (χ1) is 13.6. The van der Waals surface area contributed by atoms with E-state index < -0.39 is 0 Å². The average Bonchev–Trinajstić information content (AvgIpc) is 2.73. The van der Waals surface area contributed by atoms with Crippen LogP contribution >= 0.6 is 0 Å². The molecule has 0 atom stereocenters. The van der Waals surface area contributed by atoms with Crippen molar-refractivity contribution in [2.45, 2.75) is 39.0 Å². The summed E-state index contributed by atoms with van der Waals surface area (Å²) < 4.78 is 0. The SMILES string of the molecule is Cc1ccc(C(=O)N2CCC(CC(=O)NCCCc3ccccc3)CC2)cc1. The van der Waals surface area contributed by atoms with Crippen LogP contribution in [0.4, 0.5) is 0 Å². The number of hydrogen-bond acceptors (Lipinski definition) is 2. The molecule has 2 aromatic rings. The summed E-state index contributed by atoms with van der Waals surface area (Å²) in [5, 5.41) is 3.05. The molecule has 1 aliphatic rings. The molecule has 1 saturated heterocycles. The first-order valence-corrected chi connectivity index (χ1v) is 10.3. The van der Waals surface area contributed by atoms with Gasteiger partial charge in [-0.1, -0.05) is 48.0 Å². The van der Waals surface area contributed by atoms with Crippen LogP contribution in [-0.2, 0) is 11.2 Å². The van der Waals surface area contributed by atoms with E-state index >= 15 is 0 Å². The number of piperidine rings is 1. The van der Waals surface area contributed by atoms with Gasteiger partial charge in [0.1, 0.15) is 0 Å². The number of carbonyl (C=O) groups excluding carboxylic acids is 2. The monoisotopic (exact) mass is 378 g/mol. The minimum Gasteiger partial charge on any atom is -0.356 e. The number of aryl methyl sites for hydroxylation is 2. The summed E-state index contributed by atoms with van der Waals surface area (Å²) in [6.45, 7) is 4.21. The third kappa shape index (κ3) is 5.95. The van der Waals surface area contributed by atoms with Crippen molar-refractivity contribution in [1.82, 2.24) is 10.2 Å². The van der Waals surface area contributed by atoms with Gasteiger partial charge in [-0.3, -0.25) is 9.59 Å². The van der Waals surface area contributed by atoms with E-state index in [9.17, 15) is 9.59 Å². The quantitative estimate of drug-likeness (QED) is 0.741. The summed E-state index contributed by atoms with van der Waals surface area (Å²) in [5.41, 5.74) is 3.22. The molecule has 0 aliphatic carbocycles. The number of benzene rings is 2. The van der Waals surface area contributed by atoms with E-state index in [0.717, 1.165) is 56.4 Å². The van der Waals surface area contributed by atoms with Crippen LogP contribution in [-0.4, -0.2) is 36.3 Å². The van der Waals surface area contributed by atoms with Crippen LogP contribution in [0.1, 0.15) is 47.2 Å². The fourth-order valence-electron chi connectivity index (χ4n) is 3.72. The molecule has 0 bridgehead atoms. The van der Waals surface area contributed by atoms with Crippen LogP contribution in [0.15, 0.2) is 54.6 Å². The molecule has 1 fully saturated rings. The minimum atomic E-state index is 0.101. The van der Waals surface area contributed by atoms with E-state index in [1.165, 1.54) is 5.56 Å². The van der Waals surface area contributed by atoms with Gasteiger partial charge in [0.15, 0.2) is 0 Å². The zero-order chi connectivity index (χ0) is 19.8. The topological polar surface area (TPSA) is 49.4 Å². The van der Waals surface area contributed by atoms with E-state index in [4.69, 9.17) is 0 Å². The van der Waals surface area contributed by atoms with Gasteiger partial charge in [-0.2, -0.15) is 0 Å². The van der Waals surface area contributed by atoms with Crippen molar-refractivity contribution < 1.29 is 9.59 Å². The Morgan fingerprint density at radius 1 is 1.00 bits per heavy atom. The normalized spacial score (nSPS) is 14.7. The molecule has 1 heterocycles. The number of amides is 2. The molecule has 4 heteroatoms. The molecule has 0 radical (unpaired) electrons. The molecule has 0 aromatic heterocycles. The summed E-state index contributed by atoms with van der Waals surface area (Å²) in [6.07, 6.45) is 4.31. The van der Waals surface area contributed by atoms with Crippen LogP contribution in [0.5, 0.6) is 0 Å². The van der Waals surface area contributed by atoms with Crippen LogP contribution in [0.25, 0.3) is 0 Å². The summed E-state index contributed by atoms with van der Waals surface area (Å²) in [5.74, 6) is 0.608. The Balaban J connectivity index is 1.34. The van der Waals surface area contributed by atoms with E-state index in [2.05, 4.69) is 17.4 Å². The summed E-state index contributed by atoms with van der Waals surface area (Å²) in [7, 11) is 0. The second-order valence-electron chi connectivity index (χ2n) is 7.74. The molecule has 0 saturated carbocycles. The lowest BCUT2D eigenvalue weighted by Gasteiger charge is -2.31. The highest BCUT2D eigenvalue weighted by molar-refractivity contribution is 5.94. The molecule has 2 amide bonds. The number of carbonyl (C=O) groups is 2. The van der Waals surface area contributed by atoms with E-state index in [1.807, 2.05) is 54.3 Å². The maximum atomic E-state index is 12.6. The Bertz CT molecular complexity index is 763. The molecule has 148 valence electrons. The Kier molecular flexibility index (Phi) is 7.24. The van der Waals surface area contributed by atoms with Crippen molar-refractivity contribution in [3.8, 4) is 0 Å². The molecule has 0 unspecified atom stereocenters. The lowest BCUT2D eigenvalue weighted by Crippen LogP contribution is -2.39. The highest BCUT2D eigenvalue weighted by Crippen LogP contribution is 2.22. The molecule has 1 N–H and O–H groups in total. The molecule has 4 nitrogen and oxygen atoms in total. The predicted molar refractivity (Wildman–Crippen MR) is 112 cm³/mol. The maximum Gasteiger partial charge on any atom is 0.253 e. The van der Waals surface area contributed by atoms with Crippen molar-refractivity contribution in [2.75, 3.05) is 19.6 Å². The van der Waals surface area contributed by atoms with Gasteiger partial charge in [0.05, 0.1) is 0 Å². The Morgan fingerprint density at radius 2 is 1.68 bits per heavy atom. The molecular weight excluding hydrogens is 348 g/mol. The second kappa shape index (κ2) is 10.1. The van der Waals surface area contributed by atoms with E-state index in [-0.39, 0.29) is 11.8 Å². The lowest BCUT2D eigenvalue weighted by molar-refractivity contribution is -0.122. The standard InChI is InChI=1S/C24H30N2O2/c1-19-9-11-22(12-10-19)24(28)26-16-13-21(14-17-26)18-23(27)25-15-5-8-20-6-3-2-4-7-20/h2-4,6-7,9-12,21H,5,8,13-18H2,1H3,(H,25,27). The first kappa shape index (κ1) is 20.1. The van der Waals surface area contributed by atoms with E-state index in [0.29, 0.717) is 12.3 Å². The first-order valence-electron chi connectivity index (χ1n) is 10.3. The number of likely N-dealkylation sites (tertiary alicyclic amines) is 1. The van der Waals surface area contributed by atoms with Gasteiger partial charge < -0.3 is 10.2 Å². The van der Waals surface area contributed by atoms with Crippen LogP contribution < -0.4 is 5.32 Å². The average molecular weight is 379 g/mol. The van der Waals surface area contributed by atoms with Crippen LogP contribution in [0, 0.1) is 12.8 Å². The van der Waals surface area contributed by atoms with Gasteiger partial charge in [-0.25, -0.2) is 0 Å². The van der Waals surface area contributed by atoms with Crippen LogP contribution in [0.3, 0.4) is 0 Å². The Hall–Kier alpha value is -2.62. The molecule has 3 rings (SSSR count). The highest BCUT2D eigenvalue weighted by Gasteiger charge is 2.24. The van der Waals surface area contributed by atoms with Gasteiger partial charge >= 0.3 is 0 Å². The fourth-order valence-corrected chi connectivity index (χ4v) is 3.72. The molecule has 2 aromatic carbocycles. The number of nitrogens with zero attached hydrogens (tertiary/aromatic N) is 1. The molecule has 1 aliphatic heterocycles. The number of hydrogen-bond donors (Lipinski definition) is 1. The third-order valence-corrected chi connectivity index (χ3v) is 5.48. The van der Waals surface area contributed by atoms with Crippen molar-refractivity contribution in [3.05, 3.63) is 71.3 Å². The van der Waals surface area contributed by atoms with E-state index in [1.54, 1.807) is 0 Å². The van der Waals surface area contributed by atoms with Crippen molar-refractivity contribution in [1.29, 1.82) is 0 Å². The van der Waals surface area contributed by atoms with Gasteiger partial charge in [0.2, 0.25) is 5.91 Å². The molecule has 28 heavy (non-hydrogen) atoms. The highest BCUT2D eigenvalue weighted by atomic mass is 16.2.